The average Bonchev–Trinajstić information content (AvgIpc) is 2.53. The number of carbonyl (C=O) groups excluding carboxylic acids is 1. The lowest BCUT2D eigenvalue weighted by Crippen LogP contribution is -2.20. The van der Waals surface area contributed by atoms with Crippen LogP contribution in [-0.4, -0.2) is 25.1 Å². The minimum Gasteiger partial charge on any atom is -0.507 e. The van der Waals surface area contributed by atoms with E-state index in [2.05, 4.69) is 15.2 Å². The van der Waals surface area contributed by atoms with Gasteiger partial charge in [0.25, 0.3) is 10.0 Å². The highest BCUT2D eigenvalue weighted by Crippen LogP contribution is 2.17. The highest BCUT2D eigenvalue weighted by atomic mass is 32.2. The number of para-hydroxylation sites is 1. The van der Waals surface area contributed by atoms with Crippen molar-refractivity contribution in [1.82, 2.24) is 4.83 Å². The molecule has 1 amide bonds. The Hall–Kier alpha value is -2.87. The van der Waals surface area contributed by atoms with Crippen molar-refractivity contribution >= 4 is 27.3 Å². The first kappa shape index (κ1) is 17.5. The summed E-state index contributed by atoms with van der Waals surface area (Å²) in [4.78, 5) is 13.1. The Kier molecular flexibility index (Phi) is 5.20. The Labute approximate surface area is 140 Å². The first-order valence-electron chi connectivity index (χ1n) is 7.02. The van der Waals surface area contributed by atoms with Gasteiger partial charge in [-0.1, -0.05) is 12.1 Å². The van der Waals surface area contributed by atoms with Gasteiger partial charge in [0.15, 0.2) is 0 Å². The van der Waals surface area contributed by atoms with Crippen molar-refractivity contribution in [3.63, 3.8) is 0 Å². The molecule has 0 aliphatic rings. The van der Waals surface area contributed by atoms with Crippen LogP contribution in [-0.2, 0) is 14.8 Å². The molecule has 0 aromatic heterocycles. The summed E-state index contributed by atoms with van der Waals surface area (Å²) in [5.41, 5.74) is 1.25. The molecule has 0 unspecified atom stereocenters. The molecule has 0 atom stereocenters. The summed E-state index contributed by atoms with van der Waals surface area (Å²) in [6.07, 6.45) is 0. The lowest BCUT2D eigenvalue weighted by atomic mass is 10.1. The van der Waals surface area contributed by atoms with Gasteiger partial charge < -0.3 is 10.4 Å². The van der Waals surface area contributed by atoms with Gasteiger partial charge in [-0.3, -0.25) is 4.79 Å². The highest BCUT2D eigenvalue weighted by Gasteiger charge is 2.13. The zero-order chi connectivity index (χ0) is 17.7. The molecule has 3 N–H and O–H groups in total. The van der Waals surface area contributed by atoms with Gasteiger partial charge >= 0.3 is 0 Å². The molecule has 0 saturated carbocycles. The standard InChI is InChI=1S/C16H17N3O4S/c1-11(15-5-3-4-6-16(15)21)18-19-24(22,23)14-9-7-13(8-10-14)17-12(2)20/h3-10,19,21H,1-2H3,(H,17,20)/b18-11+. The second-order valence-electron chi connectivity index (χ2n) is 5.01. The van der Waals surface area contributed by atoms with Crippen molar-refractivity contribution in [2.45, 2.75) is 18.7 Å². The van der Waals surface area contributed by atoms with Gasteiger partial charge in [-0.25, -0.2) is 0 Å². The third-order valence-electron chi connectivity index (χ3n) is 3.11. The van der Waals surface area contributed by atoms with Crippen molar-refractivity contribution in [3.05, 3.63) is 54.1 Å². The predicted octanol–water partition coefficient (Wildman–Crippen LogP) is 2.05. The number of anilines is 1. The van der Waals surface area contributed by atoms with E-state index in [4.69, 9.17) is 0 Å². The molecule has 24 heavy (non-hydrogen) atoms. The molecule has 8 heteroatoms. The molecule has 126 valence electrons. The number of hydrogen-bond donors (Lipinski definition) is 3. The van der Waals surface area contributed by atoms with Crippen LogP contribution in [0.2, 0.25) is 0 Å². The molecular weight excluding hydrogens is 330 g/mol. The molecule has 0 radical (unpaired) electrons. The van der Waals surface area contributed by atoms with Crippen LogP contribution >= 0.6 is 0 Å². The Balaban J connectivity index is 2.18. The van der Waals surface area contributed by atoms with E-state index in [1.807, 2.05) is 0 Å². The van der Waals surface area contributed by atoms with Crippen LogP contribution in [0.15, 0.2) is 58.5 Å². The maximum Gasteiger partial charge on any atom is 0.276 e. The van der Waals surface area contributed by atoms with Crippen LogP contribution in [0.3, 0.4) is 0 Å². The van der Waals surface area contributed by atoms with Gasteiger partial charge in [-0.15, -0.1) is 0 Å². The zero-order valence-corrected chi connectivity index (χ0v) is 14.0. The van der Waals surface area contributed by atoms with Crippen LogP contribution in [0.25, 0.3) is 0 Å². The lowest BCUT2D eigenvalue weighted by Gasteiger charge is -2.07. The smallest absolute Gasteiger partial charge is 0.276 e. The summed E-state index contributed by atoms with van der Waals surface area (Å²) >= 11 is 0. The largest absolute Gasteiger partial charge is 0.507 e. The molecule has 7 nitrogen and oxygen atoms in total. The number of sulfonamides is 1. The SMILES string of the molecule is CC(=O)Nc1ccc(S(=O)(=O)N/N=C(\C)c2ccccc2O)cc1. The van der Waals surface area contributed by atoms with Crippen LogP contribution < -0.4 is 10.1 Å². The molecule has 0 spiro atoms. The molecule has 0 aliphatic carbocycles. The van der Waals surface area contributed by atoms with Gasteiger partial charge in [-0.2, -0.15) is 18.4 Å². The van der Waals surface area contributed by atoms with E-state index in [1.165, 1.54) is 37.3 Å². The minimum absolute atomic E-state index is 0.00503. The van der Waals surface area contributed by atoms with Gasteiger partial charge in [0, 0.05) is 18.2 Å². The summed E-state index contributed by atoms with van der Waals surface area (Å²) in [6.45, 7) is 2.94. The predicted molar refractivity (Wildman–Crippen MR) is 91.4 cm³/mol. The third-order valence-corrected chi connectivity index (χ3v) is 4.34. The van der Waals surface area contributed by atoms with Crippen LogP contribution in [0, 0.1) is 0 Å². The topological polar surface area (TPSA) is 108 Å². The van der Waals surface area contributed by atoms with E-state index < -0.39 is 10.0 Å². The number of amides is 1. The first-order chi connectivity index (χ1) is 11.3. The van der Waals surface area contributed by atoms with Crippen molar-refractivity contribution in [2.75, 3.05) is 5.32 Å². The fraction of sp³-hybridized carbons (Fsp3) is 0.125. The van der Waals surface area contributed by atoms with Crippen molar-refractivity contribution in [2.24, 2.45) is 5.10 Å². The monoisotopic (exact) mass is 347 g/mol. The number of hydrogen-bond acceptors (Lipinski definition) is 5. The number of benzene rings is 2. The van der Waals surface area contributed by atoms with E-state index in [1.54, 1.807) is 25.1 Å². The third kappa shape index (κ3) is 4.32. The van der Waals surface area contributed by atoms with Crippen molar-refractivity contribution in [1.29, 1.82) is 0 Å². The number of carbonyl (C=O) groups is 1. The van der Waals surface area contributed by atoms with Gasteiger partial charge in [0.05, 0.1) is 10.6 Å². The molecule has 2 aromatic carbocycles. The van der Waals surface area contributed by atoms with E-state index in [9.17, 15) is 18.3 Å². The maximum atomic E-state index is 12.2. The fourth-order valence-electron chi connectivity index (χ4n) is 1.94. The Morgan fingerprint density at radius 1 is 1.04 bits per heavy atom. The zero-order valence-electron chi connectivity index (χ0n) is 13.1. The normalized spacial score (nSPS) is 11.8. The first-order valence-corrected chi connectivity index (χ1v) is 8.50. The van der Waals surface area contributed by atoms with E-state index in [0.717, 1.165) is 0 Å². The molecule has 0 heterocycles. The number of rotatable bonds is 5. The molecular formula is C16H17N3O4S. The number of hydrazone groups is 1. The number of phenolic OH excluding ortho intramolecular Hbond substituents is 1. The minimum atomic E-state index is -3.85. The van der Waals surface area contributed by atoms with Gasteiger partial charge in [0.2, 0.25) is 5.91 Å². The van der Waals surface area contributed by atoms with E-state index in [0.29, 0.717) is 17.0 Å². The Bertz CT molecular complexity index is 874. The molecule has 2 aromatic rings. The number of aromatic hydroxyl groups is 1. The van der Waals surface area contributed by atoms with Gasteiger partial charge in [0.1, 0.15) is 5.75 Å². The summed E-state index contributed by atoms with van der Waals surface area (Å²) in [5, 5.41) is 16.1. The molecule has 0 aliphatic heterocycles. The second kappa shape index (κ2) is 7.14. The maximum absolute atomic E-state index is 12.2. The van der Waals surface area contributed by atoms with Crippen molar-refractivity contribution in [3.8, 4) is 5.75 Å². The second-order valence-corrected chi connectivity index (χ2v) is 6.68. The summed E-state index contributed by atoms with van der Waals surface area (Å²) < 4.78 is 24.4. The molecule has 2 rings (SSSR count). The fourth-order valence-corrected chi connectivity index (χ4v) is 2.80. The van der Waals surface area contributed by atoms with Crippen LogP contribution in [0.1, 0.15) is 19.4 Å². The summed E-state index contributed by atoms with van der Waals surface area (Å²) in [5.74, 6) is -0.232. The van der Waals surface area contributed by atoms with Crippen LogP contribution in [0.5, 0.6) is 5.75 Å². The summed E-state index contributed by atoms with van der Waals surface area (Å²) in [7, 11) is -3.85. The Morgan fingerprint density at radius 2 is 1.67 bits per heavy atom. The molecule has 0 fully saturated rings. The number of phenols is 1. The highest BCUT2D eigenvalue weighted by molar-refractivity contribution is 7.89. The molecule has 0 saturated heterocycles. The number of nitrogens with zero attached hydrogens (tertiary/aromatic N) is 1. The molecule has 0 bridgehead atoms. The quantitative estimate of drug-likeness (QED) is 0.568. The van der Waals surface area contributed by atoms with Crippen LogP contribution in [0.4, 0.5) is 5.69 Å². The van der Waals surface area contributed by atoms with Crippen molar-refractivity contribution < 1.29 is 18.3 Å². The van der Waals surface area contributed by atoms with E-state index >= 15 is 0 Å². The van der Waals surface area contributed by atoms with Gasteiger partial charge in [-0.05, 0) is 43.3 Å². The summed E-state index contributed by atoms with van der Waals surface area (Å²) in [6, 6.07) is 12.2. The number of nitrogens with one attached hydrogen (secondary N) is 2. The van der Waals surface area contributed by atoms with E-state index in [-0.39, 0.29) is 16.6 Å². The average molecular weight is 347 g/mol. The lowest BCUT2D eigenvalue weighted by molar-refractivity contribution is -0.114. The Morgan fingerprint density at radius 3 is 2.25 bits per heavy atom.